The van der Waals surface area contributed by atoms with Crippen molar-refractivity contribution in [3.05, 3.63) is 71.8 Å². The molecule has 1 heterocycles. The number of nitrogens with zero attached hydrogens (tertiary/aromatic N) is 2. The average Bonchev–Trinajstić information content (AvgIpc) is 2.68. The van der Waals surface area contributed by atoms with Crippen molar-refractivity contribution < 1.29 is 4.74 Å². The molecule has 0 aliphatic carbocycles. The van der Waals surface area contributed by atoms with Gasteiger partial charge in [-0.2, -0.15) is 0 Å². The maximum Gasteiger partial charge on any atom is 0.0947 e. The molecule has 1 aliphatic rings. The molecule has 0 aromatic heterocycles. The molecule has 0 bridgehead atoms. The maximum atomic E-state index is 5.74. The van der Waals surface area contributed by atoms with Crippen molar-refractivity contribution in [3.8, 4) is 0 Å². The monoisotopic (exact) mass is 338 g/mol. The lowest BCUT2D eigenvalue weighted by Crippen LogP contribution is -2.50. The maximum absolute atomic E-state index is 5.74. The second-order valence-corrected chi connectivity index (χ2v) is 7.01. The van der Waals surface area contributed by atoms with E-state index in [1.54, 1.807) is 0 Å². The second-order valence-electron chi connectivity index (χ2n) is 7.01. The predicted molar refractivity (Wildman–Crippen MR) is 104 cm³/mol. The minimum atomic E-state index is 0.162. The highest BCUT2D eigenvalue weighted by molar-refractivity contribution is 5.18. The number of hydrogen-bond donors (Lipinski definition) is 0. The second kappa shape index (κ2) is 9.14. The lowest BCUT2D eigenvalue weighted by atomic mass is 10.0. The third kappa shape index (κ3) is 5.15. The Hall–Kier alpha value is -1.68. The van der Waals surface area contributed by atoms with E-state index >= 15 is 0 Å². The molecule has 1 fully saturated rings. The van der Waals surface area contributed by atoms with Crippen molar-refractivity contribution in [3.63, 3.8) is 0 Å². The number of benzene rings is 2. The first kappa shape index (κ1) is 18.1. The van der Waals surface area contributed by atoms with Gasteiger partial charge in [0.2, 0.25) is 0 Å². The van der Waals surface area contributed by atoms with E-state index < -0.39 is 0 Å². The lowest BCUT2D eigenvalue weighted by molar-refractivity contribution is 0.0345. The number of hydrogen-bond acceptors (Lipinski definition) is 3. The Kier molecular flexibility index (Phi) is 6.62. The Morgan fingerprint density at radius 3 is 2.08 bits per heavy atom. The Bertz CT molecular complexity index is 608. The first-order valence-electron chi connectivity index (χ1n) is 9.34. The fraction of sp³-hybridized carbons (Fsp3) is 0.455. The number of piperazine rings is 1. The van der Waals surface area contributed by atoms with Gasteiger partial charge in [-0.25, -0.2) is 0 Å². The largest absolute Gasteiger partial charge is 0.375 e. The summed E-state index contributed by atoms with van der Waals surface area (Å²) >= 11 is 0. The number of ether oxygens (including phenoxy) is 1. The first-order chi connectivity index (χ1) is 12.3. The van der Waals surface area contributed by atoms with Crippen LogP contribution in [-0.2, 0) is 11.2 Å². The minimum absolute atomic E-state index is 0.162. The third-order valence-corrected chi connectivity index (χ3v) is 5.28. The van der Waals surface area contributed by atoms with Crippen LogP contribution in [0.1, 0.15) is 24.2 Å². The predicted octanol–water partition coefficient (Wildman–Crippen LogP) is 3.62. The SMILES string of the molecule is COC(CN1CCN(C(C)Cc2ccccc2)CC1)c1ccccc1. The first-order valence-corrected chi connectivity index (χ1v) is 9.34. The molecule has 1 aliphatic heterocycles. The van der Waals surface area contributed by atoms with Crippen molar-refractivity contribution in [2.75, 3.05) is 39.8 Å². The van der Waals surface area contributed by atoms with Crippen LogP contribution in [0, 0.1) is 0 Å². The standard InChI is InChI=1S/C22H30N2O/c1-19(17-20-9-5-3-6-10-20)24-15-13-23(14-16-24)18-22(25-2)21-11-7-4-8-12-21/h3-12,19,22H,13-18H2,1-2H3. The molecule has 0 saturated carbocycles. The van der Waals surface area contributed by atoms with Crippen LogP contribution in [-0.4, -0.2) is 55.7 Å². The summed E-state index contributed by atoms with van der Waals surface area (Å²) in [5.74, 6) is 0. The summed E-state index contributed by atoms with van der Waals surface area (Å²) < 4.78 is 5.74. The van der Waals surface area contributed by atoms with E-state index in [4.69, 9.17) is 4.74 Å². The van der Waals surface area contributed by atoms with Gasteiger partial charge in [-0.15, -0.1) is 0 Å². The molecule has 0 N–H and O–H groups in total. The highest BCUT2D eigenvalue weighted by Crippen LogP contribution is 2.19. The van der Waals surface area contributed by atoms with E-state index in [0.717, 1.165) is 39.1 Å². The normalized spacial score (nSPS) is 18.8. The molecule has 0 amide bonds. The molecule has 2 aromatic rings. The highest BCUT2D eigenvalue weighted by Gasteiger charge is 2.23. The smallest absolute Gasteiger partial charge is 0.0947 e. The quantitative estimate of drug-likeness (QED) is 0.767. The van der Waals surface area contributed by atoms with E-state index in [1.165, 1.54) is 11.1 Å². The molecule has 1 saturated heterocycles. The molecule has 2 atom stereocenters. The summed E-state index contributed by atoms with van der Waals surface area (Å²) in [4.78, 5) is 5.15. The Morgan fingerprint density at radius 2 is 1.48 bits per heavy atom. The molecule has 3 heteroatoms. The van der Waals surface area contributed by atoms with Crippen LogP contribution >= 0.6 is 0 Å². The van der Waals surface area contributed by atoms with E-state index in [2.05, 4.69) is 77.4 Å². The summed E-state index contributed by atoms with van der Waals surface area (Å²) in [6.07, 6.45) is 1.29. The van der Waals surface area contributed by atoms with Gasteiger partial charge in [-0.05, 0) is 24.5 Å². The van der Waals surface area contributed by atoms with Crippen LogP contribution in [0.4, 0.5) is 0 Å². The van der Waals surface area contributed by atoms with Gasteiger partial charge in [0, 0.05) is 45.9 Å². The summed E-state index contributed by atoms with van der Waals surface area (Å²) in [6.45, 7) is 7.84. The summed E-state index contributed by atoms with van der Waals surface area (Å²) in [6, 6.07) is 22.0. The van der Waals surface area contributed by atoms with Crippen LogP contribution < -0.4 is 0 Å². The zero-order valence-corrected chi connectivity index (χ0v) is 15.5. The summed E-state index contributed by atoms with van der Waals surface area (Å²) in [5.41, 5.74) is 2.70. The van der Waals surface area contributed by atoms with E-state index in [1.807, 2.05) is 7.11 Å². The zero-order valence-electron chi connectivity index (χ0n) is 15.5. The van der Waals surface area contributed by atoms with Crippen molar-refractivity contribution in [1.29, 1.82) is 0 Å². The van der Waals surface area contributed by atoms with E-state index in [9.17, 15) is 0 Å². The molecular weight excluding hydrogens is 308 g/mol. The van der Waals surface area contributed by atoms with Gasteiger partial charge in [0.15, 0.2) is 0 Å². The van der Waals surface area contributed by atoms with Crippen molar-refractivity contribution in [2.45, 2.75) is 25.5 Å². The molecule has 25 heavy (non-hydrogen) atoms. The average molecular weight is 338 g/mol. The summed E-state index contributed by atoms with van der Waals surface area (Å²) in [5, 5.41) is 0. The highest BCUT2D eigenvalue weighted by atomic mass is 16.5. The van der Waals surface area contributed by atoms with Crippen molar-refractivity contribution in [1.82, 2.24) is 9.80 Å². The summed E-state index contributed by atoms with van der Waals surface area (Å²) in [7, 11) is 1.82. The molecule has 3 nitrogen and oxygen atoms in total. The van der Waals surface area contributed by atoms with Gasteiger partial charge in [0.25, 0.3) is 0 Å². The number of rotatable bonds is 7. The van der Waals surface area contributed by atoms with Gasteiger partial charge < -0.3 is 4.74 Å². The van der Waals surface area contributed by atoms with Gasteiger partial charge in [-0.3, -0.25) is 9.80 Å². The molecule has 0 spiro atoms. The third-order valence-electron chi connectivity index (χ3n) is 5.28. The topological polar surface area (TPSA) is 15.7 Å². The lowest BCUT2D eigenvalue weighted by Gasteiger charge is -2.39. The molecule has 2 aromatic carbocycles. The fourth-order valence-corrected chi connectivity index (χ4v) is 3.69. The van der Waals surface area contributed by atoms with Crippen LogP contribution in [0.15, 0.2) is 60.7 Å². The molecule has 3 rings (SSSR count). The minimum Gasteiger partial charge on any atom is -0.375 e. The van der Waals surface area contributed by atoms with E-state index in [-0.39, 0.29) is 6.10 Å². The van der Waals surface area contributed by atoms with Gasteiger partial charge >= 0.3 is 0 Å². The Balaban J connectivity index is 1.48. The fourth-order valence-electron chi connectivity index (χ4n) is 3.69. The van der Waals surface area contributed by atoms with Crippen molar-refractivity contribution in [2.24, 2.45) is 0 Å². The molecule has 0 radical (unpaired) electrons. The van der Waals surface area contributed by atoms with Crippen LogP contribution in [0.25, 0.3) is 0 Å². The Labute approximate surface area is 152 Å². The van der Waals surface area contributed by atoms with Crippen LogP contribution in [0.3, 0.4) is 0 Å². The Morgan fingerprint density at radius 1 is 0.880 bits per heavy atom. The zero-order chi connectivity index (χ0) is 17.5. The van der Waals surface area contributed by atoms with Gasteiger partial charge in [0.05, 0.1) is 6.10 Å². The molecule has 2 unspecified atom stereocenters. The van der Waals surface area contributed by atoms with Crippen LogP contribution in [0.2, 0.25) is 0 Å². The van der Waals surface area contributed by atoms with Gasteiger partial charge in [-0.1, -0.05) is 60.7 Å². The van der Waals surface area contributed by atoms with E-state index in [0.29, 0.717) is 6.04 Å². The molecule has 134 valence electrons. The molecular formula is C22H30N2O. The number of methoxy groups -OCH3 is 1. The van der Waals surface area contributed by atoms with Crippen LogP contribution in [0.5, 0.6) is 0 Å². The van der Waals surface area contributed by atoms with Crippen molar-refractivity contribution >= 4 is 0 Å². The van der Waals surface area contributed by atoms with Gasteiger partial charge in [0.1, 0.15) is 0 Å².